The first kappa shape index (κ1) is 17.7. The van der Waals surface area contributed by atoms with Gasteiger partial charge in [-0.2, -0.15) is 0 Å². The molecular weight excluding hydrogens is 311 g/mol. The van der Waals surface area contributed by atoms with E-state index in [9.17, 15) is 9.67 Å². The number of aromatic nitrogens is 1. The predicted molar refractivity (Wildman–Crippen MR) is 93.4 cm³/mol. The number of rotatable bonds is 6. The van der Waals surface area contributed by atoms with Gasteiger partial charge < -0.3 is 14.5 Å². The average Bonchev–Trinajstić information content (AvgIpc) is 2.54. The Bertz CT molecular complexity index is 672. The van der Waals surface area contributed by atoms with Gasteiger partial charge >= 0.3 is 0 Å². The van der Waals surface area contributed by atoms with Crippen LogP contribution in [-0.4, -0.2) is 30.3 Å². The van der Waals surface area contributed by atoms with E-state index in [-0.39, 0.29) is 6.10 Å². The van der Waals surface area contributed by atoms with Crippen molar-refractivity contribution >= 4 is 18.4 Å². The number of nitrogens with zero attached hydrogens (tertiary/aromatic N) is 2. The summed E-state index contributed by atoms with van der Waals surface area (Å²) in [6.07, 6.45) is 1.28. The van der Waals surface area contributed by atoms with Crippen LogP contribution in [0, 0.1) is 0 Å². The van der Waals surface area contributed by atoms with Gasteiger partial charge in [0.15, 0.2) is 5.85 Å². The Morgan fingerprint density at radius 2 is 1.78 bits per heavy atom. The highest BCUT2D eigenvalue weighted by Gasteiger charge is 2.38. The number of aliphatic hydroxyl groups excluding tert-OH is 1. The Morgan fingerprint density at radius 3 is 2.26 bits per heavy atom. The second-order valence-corrected chi connectivity index (χ2v) is 8.20. The van der Waals surface area contributed by atoms with E-state index in [0.29, 0.717) is 11.0 Å². The third-order valence-electron chi connectivity index (χ3n) is 3.37. The summed E-state index contributed by atoms with van der Waals surface area (Å²) in [5, 5.41) is 11.1. The van der Waals surface area contributed by atoms with Crippen LogP contribution < -0.4 is 10.2 Å². The lowest BCUT2D eigenvalue weighted by Gasteiger charge is -2.26. The van der Waals surface area contributed by atoms with Crippen molar-refractivity contribution in [3.8, 4) is 0 Å². The van der Waals surface area contributed by atoms with Crippen LogP contribution in [-0.2, 0) is 9.09 Å². The van der Waals surface area contributed by atoms with E-state index >= 15 is 0 Å². The summed E-state index contributed by atoms with van der Waals surface area (Å²) in [5.74, 6) is -1.30. The molecule has 0 amide bonds. The Morgan fingerprint density at radius 1 is 1.13 bits per heavy atom. The first-order chi connectivity index (χ1) is 10.8. The van der Waals surface area contributed by atoms with Crippen molar-refractivity contribution in [2.75, 3.05) is 19.0 Å². The molecule has 5 nitrogen and oxygen atoms in total. The van der Waals surface area contributed by atoms with Crippen molar-refractivity contribution in [1.29, 1.82) is 0 Å². The quantitative estimate of drug-likeness (QED) is 0.822. The Hall–Kier alpha value is -1.68. The molecule has 0 bridgehead atoms. The van der Waals surface area contributed by atoms with Crippen LogP contribution in [0.2, 0.25) is 0 Å². The molecule has 1 N–H and O–H groups in total. The monoisotopic (exact) mass is 334 g/mol. The lowest BCUT2D eigenvalue weighted by atomic mass is 10.3. The molecule has 124 valence electrons. The number of benzene rings is 1. The fraction of sp³-hybridized carbons (Fsp3) is 0.353. The van der Waals surface area contributed by atoms with Gasteiger partial charge in [-0.15, -0.1) is 0 Å². The summed E-state index contributed by atoms with van der Waals surface area (Å²) in [5.41, 5.74) is 1.32. The van der Waals surface area contributed by atoms with Crippen LogP contribution >= 0.6 is 7.37 Å². The highest BCUT2D eigenvalue weighted by Crippen LogP contribution is 2.58. The summed E-state index contributed by atoms with van der Waals surface area (Å²) in [4.78, 5) is 6.06. The number of aliphatic hydroxyl groups is 1. The first-order valence-electron chi connectivity index (χ1n) is 7.49. The third kappa shape index (κ3) is 3.99. The van der Waals surface area contributed by atoms with E-state index < -0.39 is 13.2 Å². The Labute approximate surface area is 137 Å². The summed E-state index contributed by atoms with van der Waals surface area (Å²) in [6, 6.07) is 12.3. The molecule has 0 fully saturated rings. The molecule has 0 unspecified atom stereocenters. The third-order valence-corrected chi connectivity index (χ3v) is 6.03. The fourth-order valence-corrected chi connectivity index (χ4v) is 4.45. The van der Waals surface area contributed by atoms with Gasteiger partial charge in [-0.05, 0) is 50.2 Å². The molecule has 0 saturated heterocycles. The normalized spacial score (nSPS) is 15.2. The molecule has 0 saturated carbocycles. The van der Waals surface area contributed by atoms with Gasteiger partial charge in [0.1, 0.15) is 0 Å². The maximum Gasteiger partial charge on any atom is 0.266 e. The zero-order chi connectivity index (χ0) is 17.0. The minimum atomic E-state index is -3.52. The van der Waals surface area contributed by atoms with Gasteiger partial charge in [-0.1, -0.05) is 6.07 Å². The summed E-state index contributed by atoms with van der Waals surface area (Å²) in [6.45, 7) is 3.60. The number of pyridine rings is 1. The zero-order valence-electron chi connectivity index (χ0n) is 13.9. The van der Waals surface area contributed by atoms with Gasteiger partial charge in [-0.3, -0.25) is 9.55 Å². The SMILES string of the molecule is CC(C)O[P@](=O)(c1ccc(N(C)C)cc1)[C@@H](O)c1ccccn1. The molecule has 6 heteroatoms. The average molecular weight is 334 g/mol. The molecule has 2 rings (SSSR count). The standard InChI is InChI=1S/C17H23N2O3P/c1-13(2)22-23(21,17(20)16-7-5-6-12-18-16)15-10-8-14(9-11-15)19(3)4/h5-13,17,20H,1-4H3/t17-,23-/m1/s1. The van der Waals surface area contributed by atoms with Crippen molar-refractivity contribution < 1.29 is 14.2 Å². The van der Waals surface area contributed by atoms with E-state index in [1.165, 1.54) is 0 Å². The lowest BCUT2D eigenvalue weighted by molar-refractivity contribution is 0.186. The van der Waals surface area contributed by atoms with Gasteiger partial charge in [0.2, 0.25) is 0 Å². The second kappa shape index (κ2) is 7.26. The molecule has 2 atom stereocenters. The van der Waals surface area contributed by atoms with Crippen molar-refractivity contribution in [2.24, 2.45) is 0 Å². The molecule has 1 aromatic carbocycles. The number of hydrogen-bond acceptors (Lipinski definition) is 5. The van der Waals surface area contributed by atoms with Crippen LogP contribution in [0.5, 0.6) is 0 Å². The second-order valence-electron chi connectivity index (χ2n) is 5.79. The highest BCUT2D eigenvalue weighted by molar-refractivity contribution is 7.67. The molecule has 23 heavy (non-hydrogen) atoms. The number of hydrogen-bond donors (Lipinski definition) is 1. The molecule has 0 radical (unpaired) electrons. The molecule has 0 aliphatic carbocycles. The van der Waals surface area contributed by atoms with Crippen molar-refractivity contribution in [3.63, 3.8) is 0 Å². The minimum Gasteiger partial charge on any atom is -0.378 e. The topological polar surface area (TPSA) is 62.7 Å². The fourth-order valence-electron chi connectivity index (χ4n) is 2.23. The largest absolute Gasteiger partial charge is 0.378 e. The summed E-state index contributed by atoms with van der Waals surface area (Å²) >= 11 is 0. The Balaban J connectivity index is 2.44. The molecule has 1 aromatic heterocycles. The van der Waals surface area contributed by atoms with E-state index in [0.717, 1.165) is 5.69 Å². The van der Waals surface area contributed by atoms with Crippen LogP contribution in [0.1, 0.15) is 25.4 Å². The number of anilines is 1. The maximum atomic E-state index is 13.5. The minimum absolute atomic E-state index is 0.285. The van der Waals surface area contributed by atoms with E-state index in [1.807, 2.05) is 31.1 Å². The van der Waals surface area contributed by atoms with E-state index in [4.69, 9.17) is 4.52 Å². The van der Waals surface area contributed by atoms with Gasteiger partial charge in [0, 0.05) is 31.3 Å². The van der Waals surface area contributed by atoms with Crippen LogP contribution in [0.25, 0.3) is 0 Å². The molecule has 2 aromatic rings. The predicted octanol–water partition coefficient (Wildman–Crippen LogP) is 3.17. The maximum absolute atomic E-state index is 13.5. The van der Waals surface area contributed by atoms with Gasteiger partial charge in [-0.25, -0.2) is 0 Å². The highest BCUT2D eigenvalue weighted by atomic mass is 31.2. The van der Waals surface area contributed by atoms with Crippen molar-refractivity contribution in [1.82, 2.24) is 4.98 Å². The summed E-state index contributed by atoms with van der Waals surface area (Å²) < 4.78 is 19.2. The smallest absolute Gasteiger partial charge is 0.266 e. The molecule has 1 heterocycles. The first-order valence-corrected chi connectivity index (χ1v) is 9.19. The zero-order valence-corrected chi connectivity index (χ0v) is 14.8. The molecular formula is C17H23N2O3P. The lowest BCUT2D eigenvalue weighted by Crippen LogP contribution is -2.18. The van der Waals surface area contributed by atoms with Gasteiger partial charge in [0.05, 0.1) is 11.8 Å². The van der Waals surface area contributed by atoms with Gasteiger partial charge in [0.25, 0.3) is 7.37 Å². The van der Waals surface area contributed by atoms with Crippen molar-refractivity contribution in [2.45, 2.75) is 25.8 Å². The molecule has 0 aliphatic rings. The Kier molecular flexibility index (Phi) is 5.58. The van der Waals surface area contributed by atoms with Crippen molar-refractivity contribution in [3.05, 3.63) is 54.4 Å². The molecule has 0 aliphatic heterocycles. The van der Waals surface area contributed by atoms with E-state index in [2.05, 4.69) is 4.98 Å². The van der Waals surface area contributed by atoms with Crippen LogP contribution in [0.3, 0.4) is 0 Å². The molecule has 0 spiro atoms. The van der Waals surface area contributed by atoms with E-state index in [1.54, 1.807) is 50.4 Å². The summed E-state index contributed by atoms with van der Waals surface area (Å²) in [7, 11) is 0.349. The van der Waals surface area contributed by atoms with Crippen LogP contribution in [0.15, 0.2) is 48.7 Å². The van der Waals surface area contributed by atoms with Crippen LogP contribution in [0.4, 0.5) is 5.69 Å².